The average Bonchev–Trinajstić information content (AvgIpc) is 2.80. The number of aromatic nitrogens is 1. The van der Waals surface area contributed by atoms with E-state index in [1.807, 2.05) is 31.2 Å². The number of oxazole rings is 1. The van der Waals surface area contributed by atoms with Crippen LogP contribution in [0.5, 0.6) is 0 Å². The Morgan fingerprint density at radius 3 is 2.87 bits per heavy atom. The predicted molar refractivity (Wildman–Crippen MR) is 89.9 cm³/mol. The molecule has 0 spiro atoms. The van der Waals surface area contributed by atoms with Crippen molar-refractivity contribution in [2.45, 2.75) is 19.9 Å². The lowest BCUT2D eigenvalue weighted by Gasteiger charge is -2.06. The van der Waals surface area contributed by atoms with Crippen molar-refractivity contribution in [2.24, 2.45) is 0 Å². The Bertz CT molecular complexity index is 927. The summed E-state index contributed by atoms with van der Waals surface area (Å²) < 4.78 is 6.55. The van der Waals surface area contributed by atoms with E-state index in [9.17, 15) is 9.59 Å². The summed E-state index contributed by atoms with van der Waals surface area (Å²) in [4.78, 5) is 23.9. The third-order valence-electron chi connectivity index (χ3n) is 3.49. The van der Waals surface area contributed by atoms with E-state index in [0.717, 1.165) is 11.3 Å². The summed E-state index contributed by atoms with van der Waals surface area (Å²) in [6, 6.07) is 12.5. The number of nitrogens with zero attached hydrogens (tertiary/aromatic N) is 1. The molecule has 0 bridgehead atoms. The minimum atomic E-state index is -0.495. The SMILES string of the molecule is Cc1cccc(NC(=O)CCn2c(=O)oc3ccc(Cl)cc32)c1. The van der Waals surface area contributed by atoms with Gasteiger partial charge in [-0.1, -0.05) is 23.7 Å². The molecule has 0 radical (unpaired) electrons. The van der Waals surface area contributed by atoms with Gasteiger partial charge in [-0.3, -0.25) is 9.36 Å². The van der Waals surface area contributed by atoms with Gasteiger partial charge in [-0.25, -0.2) is 4.79 Å². The first-order chi connectivity index (χ1) is 11.0. The van der Waals surface area contributed by atoms with Crippen LogP contribution in [0.3, 0.4) is 0 Å². The molecule has 3 rings (SSSR count). The number of amides is 1. The minimum Gasteiger partial charge on any atom is -0.408 e. The number of halogens is 1. The summed E-state index contributed by atoms with van der Waals surface area (Å²) in [6.45, 7) is 2.18. The number of aryl methyl sites for hydroxylation is 2. The minimum absolute atomic E-state index is 0.162. The molecule has 23 heavy (non-hydrogen) atoms. The second-order valence-corrected chi connectivity index (χ2v) is 5.74. The highest BCUT2D eigenvalue weighted by Gasteiger charge is 2.11. The summed E-state index contributed by atoms with van der Waals surface area (Å²) in [6.07, 6.45) is 0.162. The molecule has 1 aromatic heterocycles. The van der Waals surface area contributed by atoms with Crippen molar-refractivity contribution in [3.05, 3.63) is 63.6 Å². The third-order valence-corrected chi connectivity index (χ3v) is 3.73. The van der Waals surface area contributed by atoms with E-state index in [1.54, 1.807) is 18.2 Å². The van der Waals surface area contributed by atoms with Crippen molar-refractivity contribution in [2.75, 3.05) is 5.32 Å². The molecule has 0 aliphatic heterocycles. The van der Waals surface area contributed by atoms with Crippen LogP contribution in [0.4, 0.5) is 5.69 Å². The van der Waals surface area contributed by atoms with Crippen LogP contribution < -0.4 is 11.1 Å². The van der Waals surface area contributed by atoms with Gasteiger partial charge in [-0.15, -0.1) is 0 Å². The van der Waals surface area contributed by atoms with Crippen molar-refractivity contribution >= 4 is 34.3 Å². The zero-order valence-corrected chi connectivity index (χ0v) is 13.3. The number of hydrogen-bond acceptors (Lipinski definition) is 3. The molecule has 0 atom stereocenters. The van der Waals surface area contributed by atoms with E-state index in [-0.39, 0.29) is 18.9 Å². The quantitative estimate of drug-likeness (QED) is 0.795. The van der Waals surface area contributed by atoms with Gasteiger partial charge in [0.25, 0.3) is 0 Å². The maximum Gasteiger partial charge on any atom is 0.419 e. The van der Waals surface area contributed by atoms with E-state index in [4.69, 9.17) is 16.0 Å². The molecule has 1 heterocycles. The predicted octanol–water partition coefficient (Wildman–Crippen LogP) is 3.59. The van der Waals surface area contributed by atoms with Gasteiger partial charge in [-0.05, 0) is 42.8 Å². The first-order valence-electron chi connectivity index (χ1n) is 7.18. The normalized spacial score (nSPS) is 10.9. The van der Waals surface area contributed by atoms with Crippen LogP contribution in [0, 0.1) is 6.92 Å². The number of benzene rings is 2. The maximum absolute atomic E-state index is 12.1. The molecule has 0 saturated heterocycles. The van der Waals surface area contributed by atoms with Gasteiger partial charge in [-0.2, -0.15) is 0 Å². The third kappa shape index (κ3) is 3.46. The van der Waals surface area contributed by atoms with E-state index in [2.05, 4.69) is 5.32 Å². The Morgan fingerprint density at radius 1 is 1.26 bits per heavy atom. The van der Waals surface area contributed by atoms with Gasteiger partial charge in [0.1, 0.15) is 0 Å². The van der Waals surface area contributed by atoms with E-state index in [1.165, 1.54) is 4.57 Å². The van der Waals surface area contributed by atoms with Gasteiger partial charge in [0.2, 0.25) is 5.91 Å². The molecule has 0 aliphatic carbocycles. The zero-order chi connectivity index (χ0) is 16.4. The molecular formula is C17H15ClN2O3. The van der Waals surface area contributed by atoms with Crippen LogP contribution in [-0.4, -0.2) is 10.5 Å². The molecule has 2 aromatic carbocycles. The summed E-state index contributed by atoms with van der Waals surface area (Å²) >= 11 is 5.95. The molecule has 1 N–H and O–H groups in total. The van der Waals surface area contributed by atoms with E-state index in [0.29, 0.717) is 16.1 Å². The van der Waals surface area contributed by atoms with Crippen molar-refractivity contribution in [3.8, 4) is 0 Å². The second-order valence-electron chi connectivity index (χ2n) is 5.30. The number of hydrogen-bond donors (Lipinski definition) is 1. The Morgan fingerprint density at radius 2 is 2.09 bits per heavy atom. The molecule has 1 amide bonds. The Kier molecular flexibility index (Phi) is 4.21. The zero-order valence-electron chi connectivity index (χ0n) is 12.5. The fourth-order valence-electron chi connectivity index (χ4n) is 2.41. The van der Waals surface area contributed by atoms with Gasteiger partial charge < -0.3 is 9.73 Å². The molecular weight excluding hydrogens is 316 g/mol. The molecule has 6 heteroatoms. The number of fused-ring (bicyclic) bond motifs is 1. The highest BCUT2D eigenvalue weighted by molar-refractivity contribution is 6.31. The Balaban J connectivity index is 1.73. The fraction of sp³-hybridized carbons (Fsp3) is 0.176. The average molecular weight is 331 g/mol. The largest absolute Gasteiger partial charge is 0.419 e. The van der Waals surface area contributed by atoms with Gasteiger partial charge in [0, 0.05) is 23.7 Å². The van der Waals surface area contributed by atoms with Crippen LogP contribution in [-0.2, 0) is 11.3 Å². The Hall–Kier alpha value is -2.53. The second kappa shape index (κ2) is 6.30. The van der Waals surface area contributed by atoms with Crippen LogP contribution in [0.25, 0.3) is 11.1 Å². The molecule has 0 unspecified atom stereocenters. The van der Waals surface area contributed by atoms with Gasteiger partial charge in [0.05, 0.1) is 5.52 Å². The van der Waals surface area contributed by atoms with E-state index >= 15 is 0 Å². The smallest absolute Gasteiger partial charge is 0.408 e. The number of anilines is 1. The molecule has 0 saturated carbocycles. The van der Waals surface area contributed by atoms with Crippen molar-refractivity contribution < 1.29 is 9.21 Å². The van der Waals surface area contributed by atoms with Crippen molar-refractivity contribution in [1.29, 1.82) is 0 Å². The van der Waals surface area contributed by atoms with Crippen LogP contribution in [0.1, 0.15) is 12.0 Å². The van der Waals surface area contributed by atoms with E-state index < -0.39 is 5.76 Å². The van der Waals surface area contributed by atoms with Crippen LogP contribution >= 0.6 is 11.6 Å². The van der Waals surface area contributed by atoms with Crippen LogP contribution in [0.2, 0.25) is 5.02 Å². The fourth-order valence-corrected chi connectivity index (χ4v) is 2.57. The standard InChI is InChI=1S/C17H15ClN2O3/c1-11-3-2-4-13(9-11)19-16(21)7-8-20-14-10-12(18)5-6-15(14)23-17(20)22/h2-6,9-10H,7-8H2,1H3,(H,19,21). The van der Waals surface area contributed by atoms with Crippen LogP contribution in [0.15, 0.2) is 51.7 Å². The maximum atomic E-state index is 12.1. The number of nitrogens with one attached hydrogen (secondary N) is 1. The van der Waals surface area contributed by atoms with Crippen molar-refractivity contribution in [3.63, 3.8) is 0 Å². The summed E-state index contributed by atoms with van der Waals surface area (Å²) in [7, 11) is 0. The lowest BCUT2D eigenvalue weighted by molar-refractivity contribution is -0.116. The topological polar surface area (TPSA) is 64.2 Å². The summed E-state index contributed by atoms with van der Waals surface area (Å²) in [5, 5.41) is 3.32. The summed E-state index contributed by atoms with van der Waals surface area (Å²) in [5.41, 5.74) is 2.85. The monoisotopic (exact) mass is 330 g/mol. The number of carbonyl (C=O) groups is 1. The number of carbonyl (C=O) groups excluding carboxylic acids is 1. The van der Waals surface area contributed by atoms with Gasteiger partial charge >= 0.3 is 5.76 Å². The highest BCUT2D eigenvalue weighted by atomic mass is 35.5. The van der Waals surface area contributed by atoms with Crippen molar-refractivity contribution in [1.82, 2.24) is 4.57 Å². The molecule has 0 aliphatic rings. The first-order valence-corrected chi connectivity index (χ1v) is 7.56. The molecule has 3 aromatic rings. The highest BCUT2D eigenvalue weighted by Crippen LogP contribution is 2.18. The molecule has 118 valence electrons. The number of rotatable bonds is 4. The Labute approximate surface area is 137 Å². The summed E-state index contributed by atoms with van der Waals surface area (Å²) in [5.74, 6) is -0.662. The first kappa shape index (κ1) is 15.4. The molecule has 0 fully saturated rings. The lowest BCUT2D eigenvalue weighted by atomic mass is 10.2. The lowest BCUT2D eigenvalue weighted by Crippen LogP contribution is -2.19. The molecule has 5 nitrogen and oxygen atoms in total. The van der Waals surface area contributed by atoms with Gasteiger partial charge in [0.15, 0.2) is 5.58 Å².